The molecule has 2 amide bonds. The predicted octanol–water partition coefficient (Wildman–Crippen LogP) is 1.66. The van der Waals surface area contributed by atoms with Crippen molar-refractivity contribution in [3.8, 4) is 0 Å². The van der Waals surface area contributed by atoms with E-state index in [0.717, 1.165) is 51.1 Å². The van der Waals surface area contributed by atoms with Crippen molar-refractivity contribution in [3.05, 3.63) is 36.7 Å². The number of aryl methyl sites for hydroxylation is 1. The molecule has 2 aromatic heterocycles. The zero-order valence-electron chi connectivity index (χ0n) is 13.3. The molecule has 0 unspecified atom stereocenters. The molecule has 7 heteroatoms. The molecule has 0 aromatic carbocycles. The van der Waals surface area contributed by atoms with Gasteiger partial charge in [-0.2, -0.15) is 5.10 Å². The van der Waals surface area contributed by atoms with Crippen LogP contribution in [0.25, 0.3) is 0 Å². The van der Waals surface area contributed by atoms with E-state index in [1.807, 2.05) is 28.0 Å². The minimum Gasteiger partial charge on any atom is -0.349 e. The van der Waals surface area contributed by atoms with Gasteiger partial charge in [-0.15, -0.1) is 0 Å². The van der Waals surface area contributed by atoms with Gasteiger partial charge in [-0.3, -0.25) is 4.68 Å². The number of urea groups is 1. The van der Waals surface area contributed by atoms with E-state index < -0.39 is 0 Å². The van der Waals surface area contributed by atoms with E-state index in [1.165, 1.54) is 0 Å². The lowest BCUT2D eigenvalue weighted by atomic mass is 9.94. The molecule has 7 nitrogen and oxygen atoms in total. The second-order valence-corrected chi connectivity index (χ2v) is 6.01. The summed E-state index contributed by atoms with van der Waals surface area (Å²) in [4.78, 5) is 21.3. The number of hydrogen-bond acceptors (Lipinski definition) is 3. The average Bonchev–Trinajstić information content (AvgIpc) is 3.27. The second-order valence-electron chi connectivity index (χ2n) is 6.01. The van der Waals surface area contributed by atoms with Crippen LogP contribution in [0.1, 0.15) is 25.1 Å². The Morgan fingerprint density at radius 2 is 2.22 bits per heavy atom. The van der Waals surface area contributed by atoms with Crippen LogP contribution in [-0.4, -0.2) is 50.3 Å². The summed E-state index contributed by atoms with van der Waals surface area (Å²) in [5.41, 5.74) is 0. The van der Waals surface area contributed by atoms with Gasteiger partial charge < -0.3 is 15.2 Å². The molecule has 1 saturated heterocycles. The molecule has 0 atom stereocenters. The van der Waals surface area contributed by atoms with E-state index in [4.69, 9.17) is 0 Å². The highest BCUT2D eigenvalue weighted by Gasteiger charge is 2.22. The molecule has 0 spiro atoms. The molecular weight excluding hydrogens is 292 g/mol. The standard InChI is InChI=1S/C16H24N6O/c23-16(19-7-2-15-17-8-9-18-15)21-11-3-14(4-12-21)5-13-22-10-1-6-20-22/h1,6,8-10,14H,2-5,7,11-13H2,(H,17,18)(H,19,23). The molecule has 0 radical (unpaired) electrons. The smallest absolute Gasteiger partial charge is 0.317 e. The summed E-state index contributed by atoms with van der Waals surface area (Å²) in [6.07, 6.45) is 11.4. The first-order valence-electron chi connectivity index (χ1n) is 8.30. The van der Waals surface area contributed by atoms with Gasteiger partial charge in [-0.1, -0.05) is 0 Å². The number of likely N-dealkylation sites (tertiary alicyclic amines) is 1. The van der Waals surface area contributed by atoms with Crippen molar-refractivity contribution in [3.63, 3.8) is 0 Å². The Balaban J connectivity index is 1.32. The van der Waals surface area contributed by atoms with Gasteiger partial charge in [0.15, 0.2) is 0 Å². The Morgan fingerprint density at radius 3 is 2.91 bits per heavy atom. The molecule has 23 heavy (non-hydrogen) atoms. The van der Waals surface area contributed by atoms with Crippen molar-refractivity contribution < 1.29 is 4.79 Å². The van der Waals surface area contributed by atoms with Crippen LogP contribution in [0.5, 0.6) is 0 Å². The number of nitrogens with zero attached hydrogens (tertiary/aromatic N) is 4. The Bertz CT molecular complexity index is 572. The molecule has 3 rings (SSSR count). The first kappa shape index (κ1) is 15.6. The summed E-state index contributed by atoms with van der Waals surface area (Å²) in [7, 11) is 0. The van der Waals surface area contributed by atoms with Crippen LogP contribution in [0.2, 0.25) is 0 Å². The molecule has 2 N–H and O–H groups in total. The van der Waals surface area contributed by atoms with Crippen LogP contribution in [0.3, 0.4) is 0 Å². The Kier molecular flexibility index (Phi) is 5.29. The molecule has 124 valence electrons. The molecule has 2 aromatic rings. The van der Waals surface area contributed by atoms with Gasteiger partial charge in [0.1, 0.15) is 5.82 Å². The summed E-state index contributed by atoms with van der Waals surface area (Å²) >= 11 is 0. The zero-order valence-corrected chi connectivity index (χ0v) is 13.3. The van der Waals surface area contributed by atoms with Crippen molar-refractivity contribution in [2.24, 2.45) is 5.92 Å². The summed E-state index contributed by atoms with van der Waals surface area (Å²) in [6, 6.07) is 2.00. The molecule has 3 heterocycles. The predicted molar refractivity (Wildman–Crippen MR) is 86.8 cm³/mol. The van der Waals surface area contributed by atoms with Crippen molar-refractivity contribution in [2.75, 3.05) is 19.6 Å². The topological polar surface area (TPSA) is 78.8 Å². The highest BCUT2D eigenvalue weighted by molar-refractivity contribution is 5.74. The maximum atomic E-state index is 12.1. The summed E-state index contributed by atoms with van der Waals surface area (Å²) in [5.74, 6) is 1.59. The monoisotopic (exact) mass is 316 g/mol. The first-order chi connectivity index (χ1) is 11.3. The lowest BCUT2D eigenvalue weighted by molar-refractivity contribution is 0.166. The highest BCUT2D eigenvalue weighted by Crippen LogP contribution is 2.21. The number of carbonyl (C=O) groups is 1. The summed E-state index contributed by atoms with van der Waals surface area (Å²) < 4.78 is 1.98. The van der Waals surface area contributed by atoms with E-state index >= 15 is 0 Å². The van der Waals surface area contributed by atoms with Gasteiger partial charge in [0.05, 0.1) is 0 Å². The molecule has 0 aliphatic carbocycles. The maximum absolute atomic E-state index is 12.1. The van der Waals surface area contributed by atoms with E-state index in [2.05, 4.69) is 20.4 Å². The van der Waals surface area contributed by atoms with Crippen LogP contribution in [0.4, 0.5) is 4.79 Å². The van der Waals surface area contributed by atoms with Crippen molar-refractivity contribution in [1.82, 2.24) is 30.0 Å². The third-order valence-electron chi connectivity index (χ3n) is 4.42. The number of rotatable bonds is 6. The molecule has 0 bridgehead atoms. The SMILES string of the molecule is O=C(NCCc1ncc[nH]1)N1CCC(CCn2cccn2)CC1. The van der Waals surface area contributed by atoms with Gasteiger partial charge in [0.25, 0.3) is 0 Å². The number of aromatic amines is 1. The number of piperidine rings is 1. The highest BCUT2D eigenvalue weighted by atomic mass is 16.2. The Hall–Kier alpha value is -2.31. The third-order valence-corrected chi connectivity index (χ3v) is 4.42. The van der Waals surface area contributed by atoms with E-state index in [1.54, 1.807) is 12.4 Å². The lowest BCUT2D eigenvalue weighted by Crippen LogP contribution is -2.45. The van der Waals surface area contributed by atoms with Crippen LogP contribution >= 0.6 is 0 Å². The van der Waals surface area contributed by atoms with E-state index in [9.17, 15) is 4.79 Å². The van der Waals surface area contributed by atoms with Crippen molar-refractivity contribution in [2.45, 2.75) is 32.2 Å². The van der Waals surface area contributed by atoms with Crippen LogP contribution < -0.4 is 5.32 Å². The molecular formula is C16H24N6O. The lowest BCUT2D eigenvalue weighted by Gasteiger charge is -2.32. The zero-order chi connectivity index (χ0) is 15.9. The van der Waals surface area contributed by atoms with Gasteiger partial charge in [0.2, 0.25) is 0 Å². The maximum Gasteiger partial charge on any atom is 0.317 e. The van der Waals surface area contributed by atoms with E-state index in [0.29, 0.717) is 12.5 Å². The van der Waals surface area contributed by atoms with E-state index in [-0.39, 0.29) is 6.03 Å². The quantitative estimate of drug-likeness (QED) is 0.850. The van der Waals surface area contributed by atoms with Gasteiger partial charge in [-0.25, -0.2) is 9.78 Å². The number of hydrogen-bond donors (Lipinski definition) is 2. The van der Waals surface area contributed by atoms with Gasteiger partial charge in [-0.05, 0) is 31.2 Å². The molecule has 0 saturated carbocycles. The largest absolute Gasteiger partial charge is 0.349 e. The summed E-state index contributed by atoms with van der Waals surface area (Å²) in [5, 5.41) is 7.21. The fourth-order valence-electron chi connectivity index (χ4n) is 3.01. The minimum atomic E-state index is 0.0436. The average molecular weight is 316 g/mol. The van der Waals surface area contributed by atoms with Gasteiger partial charge >= 0.3 is 6.03 Å². The second kappa shape index (κ2) is 7.80. The minimum absolute atomic E-state index is 0.0436. The number of nitrogens with one attached hydrogen (secondary N) is 2. The molecule has 1 aliphatic rings. The fourth-order valence-corrected chi connectivity index (χ4v) is 3.01. The Labute approximate surface area is 136 Å². The van der Waals surface area contributed by atoms with Crippen LogP contribution in [-0.2, 0) is 13.0 Å². The van der Waals surface area contributed by atoms with Crippen LogP contribution in [0.15, 0.2) is 30.9 Å². The fraction of sp³-hybridized carbons (Fsp3) is 0.562. The van der Waals surface area contributed by atoms with Crippen molar-refractivity contribution in [1.29, 1.82) is 0 Å². The molecule has 1 aliphatic heterocycles. The summed E-state index contributed by atoms with van der Waals surface area (Å²) in [6.45, 7) is 3.27. The number of amides is 2. The van der Waals surface area contributed by atoms with Crippen LogP contribution in [0, 0.1) is 5.92 Å². The first-order valence-corrected chi connectivity index (χ1v) is 8.30. The number of imidazole rings is 1. The van der Waals surface area contributed by atoms with Gasteiger partial charge in [0, 0.05) is 57.4 Å². The number of H-pyrrole nitrogens is 1. The third kappa shape index (κ3) is 4.58. The number of aromatic nitrogens is 4. The normalized spacial score (nSPS) is 15.7. The molecule has 1 fully saturated rings. The number of carbonyl (C=O) groups excluding carboxylic acids is 1. The Morgan fingerprint density at radius 1 is 1.35 bits per heavy atom. The van der Waals surface area contributed by atoms with Crippen molar-refractivity contribution >= 4 is 6.03 Å².